The molecule has 15 heavy (non-hydrogen) atoms. The number of sulfone groups is 1. The highest BCUT2D eigenvalue weighted by molar-refractivity contribution is 7.90. The molecule has 0 aromatic carbocycles. The van der Waals surface area contributed by atoms with Gasteiger partial charge in [-0.1, -0.05) is 6.92 Å². The lowest BCUT2D eigenvalue weighted by molar-refractivity contribution is -0.141. The molecule has 88 valence electrons. The summed E-state index contributed by atoms with van der Waals surface area (Å²) in [7, 11) is -3.19. The zero-order valence-electron chi connectivity index (χ0n) is 8.69. The summed E-state index contributed by atoms with van der Waals surface area (Å²) in [5, 5.41) is 10.9. The molecule has 6 nitrogen and oxygen atoms in total. The number of nitrogens with one attached hydrogen (secondary N) is 1. The van der Waals surface area contributed by atoms with Gasteiger partial charge in [0.2, 0.25) is 5.91 Å². The van der Waals surface area contributed by atoms with E-state index in [2.05, 4.69) is 5.32 Å². The number of carboxylic acid groups (broad SMARTS) is 1. The predicted molar refractivity (Wildman–Crippen MR) is 54.2 cm³/mol. The Bertz CT molecular complexity index is 335. The topological polar surface area (TPSA) is 101 Å². The maximum atomic E-state index is 11.1. The fourth-order valence-corrected chi connectivity index (χ4v) is 1.44. The van der Waals surface area contributed by atoms with Gasteiger partial charge in [-0.2, -0.15) is 0 Å². The minimum Gasteiger partial charge on any atom is -0.480 e. The van der Waals surface area contributed by atoms with Crippen molar-refractivity contribution in [2.75, 3.05) is 12.0 Å². The maximum absolute atomic E-state index is 11.1. The van der Waals surface area contributed by atoms with Gasteiger partial charge in [-0.25, -0.2) is 13.2 Å². The SMILES string of the molecule is CC[C@H](NC(=O)CCS(C)(=O)=O)C(=O)O. The lowest BCUT2D eigenvalue weighted by Gasteiger charge is -2.11. The molecule has 0 aliphatic heterocycles. The Kier molecular flexibility index (Phi) is 5.27. The van der Waals surface area contributed by atoms with E-state index in [0.717, 1.165) is 6.26 Å². The van der Waals surface area contributed by atoms with Crippen LogP contribution in [0.3, 0.4) is 0 Å². The number of carboxylic acids is 1. The second kappa shape index (κ2) is 5.69. The first kappa shape index (κ1) is 13.9. The molecule has 0 aliphatic carbocycles. The van der Waals surface area contributed by atoms with Gasteiger partial charge in [-0.05, 0) is 6.42 Å². The van der Waals surface area contributed by atoms with Crippen molar-refractivity contribution in [3.05, 3.63) is 0 Å². The molecular weight excluding hydrogens is 222 g/mol. The summed E-state index contributed by atoms with van der Waals surface area (Å²) in [4.78, 5) is 21.7. The van der Waals surface area contributed by atoms with Crippen LogP contribution in [0.4, 0.5) is 0 Å². The Morgan fingerprint density at radius 2 is 1.93 bits per heavy atom. The molecule has 1 atom stereocenters. The van der Waals surface area contributed by atoms with E-state index in [9.17, 15) is 18.0 Å². The molecule has 0 rings (SSSR count). The van der Waals surface area contributed by atoms with E-state index in [1.54, 1.807) is 6.92 Å². The Balaban J connectivity index is 4.09. The van der Waals surface area contributed by atoms with Crippen molar-refractivity contribution in [1.29, 1.82) is 0 Å². The van der Waals surface area contributed by atoms with Gasteiger partial charge in [0, 0.05) is 12.7 Å². The molecule has 0 unspecified atom stereocenters. The molecule has 0 aromatic heterocycles. The number of aliphatic carboxylic acids is 1. The summed E-state index contributed by atoms with van der Waals surface area (Å²) in [5.74, 6) is -1.95. The molecule has 0 fully saturated rings. The van der Waals surface area contributed by atoms with Crippen LogP contribution in [0.5, 0.6) is 0 Å². The lowest BCUT2D eigenvalue weighted by Crippen LogP contribution is -2.40. The second-order valence-corrected chi connectivity index (χ2v) is 5.51. The smallest absolute Gasteiger partial charge is 0.326 e. The zero-order chi connectivity index (χ0) is 12.1. The molecule has 0 aliphatic rings. The Morgan fingerprint density at radius 3 is 2.27 bits per heavy atom. The lowest BCUT2D eigenvalue weighted by atomic mass is 10.2. The van der Waals surface area contributed by atoms with Crippen LogP contribution in [0.15, 0.2) is 0 Å². The van der Waals surface area contributed by atoms with Crippen molar-refractivity contribution in [2.45, 2.75) is 25.8 Å². The standard InChI is InChI=1S/C8H15NO5S/c1-3-6(8(11)12)9-7(10)4-5-15(2,13)14/h6H,3-5H2,1-2H3,(H,9,10)(H,11,12)/t6-/m0/s1. The number of carbonyl (C=O) groups excluding carboxylic acids is 1. The number of rotatable bonds is 6. The predicted octanol–water partition coefficient (Wildman–Crippen LogP) is -0.599. The van der Waals surface area contributed by atoms with Crippen LogP contribution in [0.25, 0.3) is 0 Å². The van der Waals surface area contributed by atoms with Crippen molar-refractivity contribution in [3.63, 3.8) is 0 Å². The van der Waals surface area contributed by atoms with E-state index in [4.69, 9.17) is 5.11 Å². The summed E-state index contributed by atoms with van der Waals surface area (Å²) in [5.41, 5.74) is 0. The first-order valence-corrected chi connectivity index (χ1v) is 6.52. The number of carbonyl (C=O) groups is 2. The fraction of sp³-hybridized carbons (Fsp3) is 0.750. The maximum Gasteiger partial charge on any atom is 0.326 e. The van der Waals surface area contributed by atoms with Crippen LogP contribution >= 0.6 is 0 Å². The Hall–Kier alpha value is -1.11. The van der Waals surface area contributed by atoms with Gasteiger partial charge in [0.1, 0.15) is 15.9 Å². The Morgan fingerprint density at radius 1 is 1.40 bits per heavy atom. The number of amides is 1. The van der Waals surface area contributed by atoms with E-state index in [1.807, 2.05) is 0 Å². The van der Waals surface area contributed by atoms with Crippen molar-refractivity contribution in [3.8, 4) is 0 Å². The van der Waals surface area contributed by atoms with Crippen molar-refractivity contribution >= 4 is 21.7 Å². The molecule has 0 saturated heterocycles. The van der Waals surface area contributed by atoms with Gasteiger partial charge in [-0.3, -0.25) is 4.79 Å². The van der Waals surface area contributed by atoms with Crippen LogP contribution < -0.4 is 5.32 Å². The summed E-state index contributed by atoms with van der Waals surface area (Å²) >= 11 is 0. The molecule has 0 bridgehead atoms. The molecule has 1 amide bonds. The third-order valence-corrected chi connectivity index (χ3v) is 2.69. The summed E-state index contributed by atoms with van der Waals surface area (Å²) in [6, 6.07) is -0.947. The van der Waals surface area contributed by atoms with Gasteiger partial charge in [0.05, 0.1) is 5.75 Å². The van der Waals surface area contributed by atoms with Crippen molar-refractivity contribution in [2.24, 2.45) is 0 Å². The van der Waals surface area contributed by atoms with Gasteiger partial charge >= 0.3 is 5.97 Å². The minimum absolute atomic E-state index is 0.206. The third-order valence-electron chi connectivity index (χ3n) is 1.74. The quantitative estimate of drug-likeness (QED) is 0.642. The molecule has 0 spiro atoms. The molecule has 2 N–H and O–H groups in total. The third kappa shape index (κ3) is 6.89. The first-order valence-electron chi connectivity index (χ1n) is 4.46. The van der Waals surface area contributed by atoms with Gasteiger partial charge < -0.3 is 10.4 Å². The average molecular weight is 237 g/mol. The van der Waals surface area contributed by atoms with Gasteiger partial charge in [0.25, 0.3) is 0 Å². The summed E-state index contributed by atoms with van der Waals surface area (Å²) in [6.07, 6.45) is 1.08. The van der Waals surface area contributed by atoms with Gasteiger partial charge in [0.15, 0.2) is 0 Å². The fourth-order valence-electron chi connectivity index (χ4n) is 0.883. The molecule has 0 radical (unpaired) electrons. The molecule has 0 saturated carbocycles. The highest BCUT2D eigenvalue weighted by atomic mass is 32.2. The largest absolute Gasteiger partial charge is 0.480 e. The normalized spacial score (nSPS) is 13.2. The highest BCUT2D eigenvalue weighted by Crippen LogP contribution is 1.94. The van der Waals surface area contributed by atoms with Gasteiger partial charge in [-0.15, -0.1) is 0 Å². The van der Waals surface area contributed by atoms with E-state index >= 15 is 0 Å². The highest BCUT2D eigenvalue weighted by Gasteiger charge is 2.18. The van der Waals surface area contributed by atoms with E-state index in [-0.39, 0.29) is 18.6 Å². The minimum atomic E-state index is -3.19. The van der Waals surface area contributed by atoms with E-state index in [1.165, 1.54) is 0 Å². The number of hydrogen-bond acceptors (Lipinski definition) is 4. The molecular formula is C8H15NO5S. The molecule has 0 heterocycles. The number of hydrogen-bond donors (Lipinski definition) is 2. The van der Waals surface area contributed by atoms with E-state index in [0.29, 0.717) is 0 Å². The molecule has 0 aromatic rings. The zero-order valence-corrected chi connectivity index (χ0v) is 9.50. The van der Waals surface area contributed by atoms with E-state index < -0.39 is 27.8 Å². The Labute approximate surface area is 88.6 Å². The van der Waals surface area contributed by atoms with Crippen molar-refractivity contribution < 1.29 is 23.1 Å². The molecule has 7 heteroatoms. The van der Waals surface area contributed by atoms with Crippen LogP contribution in [-0.2, 0) is 19.4 Å². The van der Waals surface area contributed by atoms with Crippen LogP contribution in [0, 0.1) is 0 Å². The summed E-state index contributed by atoms with van der Waals surface area (Å²) in [6.45, 7) is 1.62. The second-order valence-electron chi connectivity index (χ2n) is 3.25. The average Bonchev–Trinajstić information content (AvgIpc) is 2.09. The van der Waals surface area contributed by atoms with Crippen LogP contribution in [-0.4, -0.2) is 43.5 Å². The summed E-state index contributed by atoms with van der Waals surface area (Å²) < 4.78 is 21.5. The first-order chi connectivity index (χ1) is 6.76. The van der Waals surface area contributed by atoms with Crippen LogP contribution in [0.2, 0.25) is 0 Å². The van der Waals surface area contributed by atoms with Crippen LogP contribution in [0.1, 0.15) is 19.8 Å². The monoisotopic (exact) mass is 237 g/mol. The van der Waals surface area contributed by atoms with Crippen molar-refractivity contribution in [1.82, 2.24) is 5.32 Å².